The Labute approximate surface area is 78.8 Å². The molecule has 0 aromatic carbocycles. The zero-order chi connectivity index (χ0) is 9.84. The Bertz CT molecular complexity index is 291. The van der Waals surface area contributed by atoms with Gasteiger partial charge in [-0.05, 0) is 5.92 Å². The van der Waals surface area contributed by atoms with Gasteiger partial charge in [-0.25, -0.2) is 4.98 Å². The van der Waals surface area contributed by atoms with Crippen LogP contribution in [-0.4, -0.2) is 15.3 Å². The lowest BCUT2D eigenvalue weighted by atomic mass is 10.0. The van der Waals surface area contributed by atoms with Crippen molar-refractivity contribution in [1.82, 2.24) is 9.55 Å². The first-order valence-electron chi connectivity index (χ1n) is 4.65. The zero-order valence-corrected chi connectivity index (χ0v) is 8.45. The molecule has 0 amide bonds. The maximum absolute atomic E-state index is 11.6. The van der Waals surface area contributed by atoms with E-state index in [-0.39, 0.29) is 5.78 Å². The fourth-order valence-electron chi connectivity index (χ4n) is 1.19. The standard InChI is InChI=1S/C10H16N2O/c1-4-8(2)7-9(13)10-11-5-6-12(10)3/h5-6,8H,4,7H2,1-3H3/t8-/m1/s1. The fraction of sp³-hybridized carbons (Fsp3) is 0.600. The van der Waals surface area contributed by atoms with Crippen LogP contribution in [0, 0.1) is 5.92 Å². The molecule has 1 rings (SSSR count). The van der Waals surface area contributed by atoms with E-state index in [9.17, 15) is 4.79 Å². The van der Waals surface area contributed by atoms with Gasteiger partial charge >= 0.3 is 0 Å². The zero-order valence-electron chi connectivity index (χ0n) is 8.45. The average molecular weight is 180 g/mol. The summed E-state index contributed by atoms with van der Waals surface area (Å²) >= 11 is 0. The number of carbonyl (C=O) groups is 1. The Kier molecular flexibility index (Phi) is 3.23. The summed E-state index contributed by atoms with van der Waals surface area (Å²) < 4.78 is 1.77. The van der Waals surface area contributed by atoms with E-state index in [4.69, 9.17) is 0 Å². The molecule has 0 spiro atoms. The molecule has 0 unspecified atom stereocenters. The number of rotatable bonds is 4. The van der Waals surface area contributed by atoms with Gasteiger partial charge in [0.05, 0.1) is 0 Å². The van der Waals surface area contributed by atoms with Crippen LogP contribution in [-0.2, 0) is 7.05 Å². The van der Waals surface area contributed by atoms with Gasteiger partial charge in [0.1, 0.15) is 0 Å². The first-order chi connectivity index (χ1) is 6.15. The number of ketones is 1. The smallest absolute Gasteiger partial charge is 0.198 e. The molecule has 0 saturated heterocycles. The summed E-state index contributed by atoms with van der Waals surface area (Å²) in [6.45, 7) is 4.18. The van der Waals surface area contributed by atoms with E-state index in [1.54, 1.807) is 17.0 Å². The number of Topliss-reactive ketones (excluding diaryl/α,β-unsaturated/α-hetero) is 1. The summed E-state index contributed by atoms with van der Waals surface area (Å²) in [5.41, 5.74) is 0. The van der Waals surface area contributed by atoms with Gasteiger partial charge in [-0.15, -0.1) is 0 Å². The highest BCUT2D eigenvalue weighted by atomic mass is 16.1. The number of imidazole rings is 1. The van der Waals surface area contributed by atoms with Crippen molar-refractivity contribution in [3.05, 3.63) is 18.2 Å². The summed E-state index contributed by atoms with van der Waals surface area (Å²) in [4.78, 5) is 15.6. The second-order valence-corrected chi connectivity index (χ2v) is 3.50. The Balaban J connectivity index is 2.64. The van der Waals surface area contributed by atoms with E-state index < -0.39 is 0 Å². The molecule has 0 saturated carbocycles. The van der Waals surface area contributed by atoms with Crippen LogP contribution in [0.25, 0.3) is 0 Å². The van der Waals surface area contributed by atoms with Crippen molar-refractivity contribution < 1.29 is 4.79 Å². The molecule has 1 atom stereocenters. The summed E-state index contributed by atoms with van der Waals surface area (Å²) in [5, 5.41) is 0. The monoisotopic (exact) mass is 180 g/mol. The van der Waals surface area contributed by atoms with Gasteiger partial charge in [0, 0.05) is 25.9 Å². The van der Waals surface area contributed by atoms with E-state index in [0.717, 1.165) is 6.42 Å². The van der Waals surface area contributed by atoms with Crippen molar-refractivity contribution in [2.24, 2.45) is 13.0 Å². The van der Waals surface area contributed by atoms with Crippen molar-refractivity contribution in [2.75, 3.05) is 0 Å². The second-order valence-electron chi connectivity index (χ2n) is 3.50. The number of hydrogen-bond donors (Lipinski definition) is 0. The van der Waals surface area contributed by atoms with Crippen LogP contribution in [0.4, 0.5) is 0 Å². The molecule has 3 heteroatoms. The summed E-state index contributed by atoms with van der Waals surface area (Å²) in [6, 6.07) is 0. The normalized spacial score (nSPS) is 12.8. The van der Waals surface area contributed by atoms with Crippen LogP contribution in [0.15, 0.2) is 12.4 Å². The molecule has 0 aliphatic heterocycles. The molecule has 0 fully saturated rings. The highest BCUT2D eigenvalue weighted by molar-refractivity contribution is 5.92. The highest BCUT2D eigenvalue weighted by Gasteiger charge is 2.13. The number of aromatic nitrogens is 2. The molecule has 0 radical (unpaired) electrons. The molecule has 0 N–H and O–H groups in total. The second kappa shape index (κ2) is 4.21. The van der Waals surface area contributed by atoms with E-state index >= 15 is 0 Å². The van der Waals surface area contributed by atoms with E-state index in [1.165, 1.54) is 0 Å². The Morgan fingerprint density at radius 2 is 2.38 bits per heavy atom. The molecule has 72 valence electrons. The molecule has 1 aromatic heterocycles. The van der Waals surface area contributed by atoms with Crippen LogP contribution in [0.5, 0.6) is 0 Å². The van der Waals surface area contributed by atoms with Crippen molar-refractivity contribution in [1.29, 1.82) is 0 Å². The van der Waals surface area contributed by atoms with Crippen molar-refractivity contribution in [3.63, 3.8) is 0 Å². The molecule has 1 aromatic rings. The Hall–Kier alpha value is -1.12. The topological polar surface area (TPSA) is 34.9 Å². The molecule has 3 nitrogen and oxygen atoms in total. The molecular weight excluding hydrogens is 164 g/mol. The van der Waals surface area contributed by atoms with Gasteiger partial charge in [-0.2, -0.15) is 0 Å². The Morgan fingerprint density at radius 3 is 2.85 bits per heavy atom. The summed E-state index contributed by atoms with van der Waals surface area (Å²) in [5.74, 6) is 1.16. The first-order valence-corrected chi connectivity index (χ1v) is 4.65. The Morgan fingerprint density at radius 1 is 1.69 bits per heavy atom. The summed E-state index contributed by atoms with van der Waals surface area (Å²) in [7, 11) is 1.84. The maximum Gasteiger partial charge on any atom is 0.198 e. The lowest BCUT2D eigenvalue weighted by Gasteiger charge is -2.06. The number of carbonyl (C=O) groups excluding carboxylic acids is 1. The van der Waals surface area contributed by atoms with E-state index in [1.807, 2.05) is 7.05 Å². The molecule has 0 bridgehead atoms. The van der Waals surface area contributed by atoms with E-state index in [0.29, 0.717) is 18.2 Å². The van der Waals surface area contributed by atoms with Crippen LogP contribution >= 0.6 is 0 Å². The van der Waals surface area contributed by atoms with E-state index in [2.05, 4.69) is 18.8 Å². The van der Waals surface area contributed by atoms with Gasteiger partial charge in [0.25, 0.3) is 0 Å². The fourth-order valence-corrected chi connectivity index (χ4v) is 1.19. The van der Waals surface area contributed by atoms with Gasteiger partial charge in [-0.1, -0.05) is 20.3 Å². The lowest BCUT2D eigenvalue weighted by Crippen LogP contribution is -2.10. The third-order valence-electron chi connectivity index (χ3n) is 2.30. The molecule has 0 aliphatic carbocycles. The van der Waals surface area contributed by atoms with Crippen LogP contribution in [0.2, 0.25) is 0 Å². The molecular formula is C10H16N2O. The van der Waals surface area contributed by atoms with Crippen LogP contribution in [0.1, 0.15) is 37.3 Å². The molecule has 13 heavy (non-hydrogen) atoms. The minimum atomic E-state index is 0.141. The van der Waals surface area contributed by atoms with Gasteiger partial charge in [0.15, 0.2) is 11.6 Å². The average Bonchev–Trinajstić information content (AvgIpc) is 2.51. The quantitative estimate of drug-likeness (QED) is 0.664. The van der Waals surface area contributed by atoms with Gasteiger partial charge in [0.2, 0.25) is 0 Å². The predicted octanol–water partition coefficient (Wildman–Crippen LogP) is 2.04. The number of aryl methyl sites for hydroxylation is 1. The maximum atomic E-state index is 11.6. The first kappa shape index (κ1) is 9.96. The van der Waals surface area contributed by atoms with Crippen molar-refractivity contribution in [2.45, 2.75) is 26.7 Å². The van der Waals surface area contributed by atoms with Gasteiger partial charge < -0.3 is 4.57 Å². The minimum Gasteiger partial charge on any atom is -0.332 e. The van der Waals surface area contributed by atoms with Crippen molar-refractivity contribution >= 4 is 5.78 Å². The van der Waals surface area contributed by atoms with Crippen LogP contribution in [0.3, 0.4) is 0 Å². The minimum absolute atomic E-state index is 0.141. The largest absolute Gasteiger partial charge is 0.332 e. The summed E-state index contributed by atoms with van der Waals surface area (Å²) in [6.07, 6.45) is 5.09. The lowest BCUT2D eigenvalue weighted by molar-refractivity contribution is 0.0950. The van der Waals surface area contributed by atoms with Gasteiger partial charge in [-0.3, -0.25) is 4.79 Å². The number of nitrogens with zero attached hydrogens (tertiary/aromatic N) is 2. The third-order valence-corrected chi connectivity index (χ3v) is 2.30. The number of hydrogen-bond acceptors (Lipinski definition) is 2. The predicted molar refractivity (Wildman–Crippen MR) is 51.6 cm³/mol. The van der Waals surface area contributed by atoms with Crippen LogP contribution < -0.4 is 0 Å². The highest BCUT2D eigenvalue weighted by Crippen LogP contribution is 2.10. The van der Waals surface area contributed by atoms with Crippen molar-refractivity contribution in [3.8, 4) is 0 Å². The molecule has 1 heterocycles. The molecule has 0 aliphatic rings. The third kappa shape index (κ3) is 2.41. The SMILES string of the molecule is CC[C@@H](C)CC(=O)c1nccn1C.